The van der Waals surface area contributed by atoms with E-state index < -0.39 is 34.2 Å². The Kier molecular flexibility index (Phi) is 10.4. The second-order valence-electron chi connectivity index (χ2n) is 10.7. The first-order chi connectivity index (χ1) is 18.8. The summed E-state index contributed by atoms with van der Waals surface area (Å²) in [4.78, 5) is 29.4. The minimum absolute atomic E-state index is 0.0791. The molecule has 0 fully saturated rings. The minimum atomic E-state index is -4.03. The molecule has 0 spiro atoms. The second-order valence-corrected chi connectivity index (χ2v) is 13.2. The lowest BCUT2D eigenvalue weighted by atomic mass is 10.0. The zero-order valence-electron chi connectivity index (χ0n) is 23.5. The van der Waals surface area contributed by atoms with Crippen molar-refractivity contribution in [2.45, 2.75) is 45.3 Å². The number of rotatable bonds is 11. The standard InChI is InChI=1S/C30H37ClN4O4S/c1-30(2,3)32-29(37)27(20-23-12-8-6-9-13-23)34(21-24-16-18-25(31)19-17-24)28(36)22-35(40(38,39)33(4)5)26-14-10-7-11-15-26/h6-19,27H,20-22H2,1-5H3,(H,32,37). The molecule has 0 saturated carbocycles. The van der Waals surface area contributed by atoms with Gasteiger partial charge in [0.25, 0.3) is 0 Å². The molecule has 2 amide bonds. The summed E-state index contributed by atoms with van der Waals surface area (Å²) in [7, 11) is -1.21. The summed E-state index contributed by atoms with van der Waals surface area (Å²) >= 11 is 6.10. The van der Waals surface area contributed by atoms with Gasteiger partial charge in [-0.3, -0.25) is 9.59 Å². The Morgan fingerprint density at radius 2 is 1.40 bits per heavy atom. The van der Waals surface area contributed by atoms with Gasteiger partial charge in [-0.25, -0.2) is 4.31 Å². The largest absolute Gasteiger partial charge is 0.350 e. The Hall–Kier alpha value is -3.40. The zero-order valence-corrected chi connectivity index (χ0v) is 25.1. The maximum absolute atomic E-state index is 14.2. The van der Waals surface area contributed by atoms with Crippen molar-refractivity contribution in [3.05, 3.63) is 101 Å². The van der Waals surface area contributed by atoms with Crippen LogP contribution in [0.2, 0.25) is 5.02 Å². The van der Waals surface area contributed by atoms with Crippen LogP contribution in [0.15, 0.2) is 84.9 Å². The Bertz CT molecular complexity index is 1380. The van der Waals surface area contributed by atoms with Gasteiger partial charge < -0.3 is 10.2 Å². The first-order valence-corrected chi connectivity index (χ1v) is 14.7. The van der Waals surface area contributed by atoms with Crippen LogP contribution in [0.25, 0.3) is 0 Å². The number of benzene rings is 3. The van der Waals surface area contributed by atoms with Crippen LogP contribution in [0.1, 0.15) is 31.9 Å². The van der Waals surface area contributed by atoms with E-state index in [1.54, 1.807) is 54.6 Å². The number of halogens is 1. The molecule has 0 heterocycles. The Morgan fingerprint density at radius 1 is 0.850 bits per heavy atom. The Morgan fingerprint density at radius 3 is 1.93 bits per heavy atom. The average molecular weight is 585 g/mol. The number of hydrogen-bond acceptors (Lipinski definition) is 4. The molecular weight excluding hydrogens is 548 g/mol. The van der Waals surface area contributed by atoms with Crippen LogP contribution in [-0.2, 0) is 32.8 Å². The fourth-order valence-corrected chi connectivity index (χ4v) is 5.29. The Balaban J connectivity index is 2.09. The summed E-state index contributed by atoms with van der Waals surface area (Å²) in [5, 5.41) is 3.55. The first kappa shape index (κ1) is 31.1. The van der Waals surface area contributed by atoms with E-state index in [-0.39, 0.29) is 18.9 Å². The maximum atomic E-state index is 14.2. The molecule has 0 saturated heterocycles. The molecule has 40 heavy (non-hydrogen) atoms. The van der Waals surface area contributed by atoms with E-state index in [1.807, 2.05) is 51.1 Å². The molecule has 0 aliphatic rings. The molecule has 3 aromatic carbocycles. The molecule has 3 rings (SSSR count). The molecule has 214 valence electrons. The maximum Gasteiger partial charge on any atom is 0.304 e. The highest BCUT2D eigenvalue weighted by molar-refractivity contribution is 7.90. The van der Waals surface area contributed by atoms with Gasteiger partial charge in [0.05, 0.1) is 5.69 Å². The topological polar surface area (TPSA) is 90.0 Å². The van der Waals surface area contributed by atoms with E-state index in [0.29, 0.717) is 10.7 Å². The summed E-state index contributed by atoms with van der Waals surface area (Å²) in [6, 6.07) is 24.0. The summed E-state index contributed by atoms with van der Waals surface area (Å²) in [5.74, 6) is -0.852. The lowest BCUT2D eigenvalue weighted by molar-refractivity contribution is -0.140. The van der Waals surface area contributed by atoms with E-state index in [0.717, 1.165) is 19.7 Å². The molecule has 0 bridgehead atoms. The normalized spacial score (nSPS) is 12.6. The van der Waals surface area contributed by atoms with Crippen molar-refractivity contribution in [2.75, 3.05) is 24.9 Å². The van der Waals surface area contributed by atoms with Gasteiger partial charge in [-0.1, -0.05) is 72.3 Å². The SMILES string of the molecule is CN(C)S(=O)(=O)N(CC(=O)N(Cc1ccc(Cl)cc1)C(Cc1ccccc1)C(=O)NC(C)(C)C)c1ccccc1. The van der Waals surface area contributed by atoms with Crippen LogP contribution in [0, 0.1) is 0 Å². The monoisotopic (exact) mass is 584 g/mol. The highest BCUT2D eigenvalue weighted by Crippen LogP contribution is 2.22. The fourth-order valence-electron chi connectivity index (χ4n) is 4.10. The highest BCUT2D eigenvalue weighted by atomic mass is 35.5. The third-order valence-electron chi connectivity index (χ3n) is 6.10. The van der Waals surface area contributed by atoms with Crippen molar-refractivity contribution >= 4 is 39.3 Å². The van der Waals surface area contributed by atoms with Gasteiger partial charge in [0.2, 0.25) is 11.8 Å². The second kappa shape index (κ2) is 13.3. The third kappa shape index (κ3) is 8.55. The fraction of sp³-hybridized carbons (Fsp3) is 0.333. The van der Waals surface area contributed by atoms with Crippen molar-refractivity contribution < 1.29 is 18.0 Å². The number of nitrogens with zero attached hydrogens (tertiary/aromatic N) is 3. The van der Waals surface area contributed by atoms with Crippen molar-refractivity contribution in [1.29, 1.82) is 0 Å². The molecule has 1 unspecified atom stereocenters. The number of hydrogen-bond donors (Lipinski definition) is 1. The molecule has 1 atom stereocenters. The predicted octanol–water partition coefficient (Wildman–Crippen LogP) is 4.51. The molecule has 0 aromatic heterocycles. The molecule has 8 nitrogen and oxygen atoms in total. The number of nitrogens with one attached hydrogen (secondary N) is 1. The quantitative estimate of drug-likeness (QED) is 0.359. The minimum Gasteiger partial charge on any atom is -0.350 e. The van der Waals surface area contributed by atoms with Crippen molar-refractivity contribution in [3.63, 3.8) is 0 Å². The van der Waals surface area contributed by atoms with E-state index >= 15 is 0 Å². The van der Waals surface area contributed by atoms with Crippen LogP contribution >= 0.6 is 11.6 Å². The van der Waals surface area contributed by atoms with Gasteiger partial charge >= 0.3 is 10.2 Å². The number of amides is 2. The third-order valence-corrected chi connectivity index (χ3v) is 8.17. The van der Waals surface area contributed by atoms with E-state index in [9.17, 15) is 18.0 Å². The van der Waals surface area contributed by atoms with Crippen molar-refractivity contribution in [2.24, 2.45) is 0 Å². The van der Waals surface area contributed by atoms with Crippen LogP contribution in [-0.4, -0.2) is 61.7 Å². The summed E-state index contributed by atoms with van der Waals surface area (Å²) < 4.78 is 28.8. The average Bonchev–Trinajstić information content (AvgIpc) is 2.90. The summed E-state index contributed by atoms with van der Waals surface area (Å²) in [6.45, 7) is 5.20. The summed E-state index contributed by atoms with van der Waals surface area (Å²) in [5.41, 5.74) is 1.41. The predicted molar refractivity (Wildman–Crippen MR) is 160 cm³/mol. The molecule has 0 aliphatic carbocycles. The van der Waals surface area contributed by atoms with Gasteiger partial charge in [-0.15, -0.1) is 0 Å². The molecular formula is C30H37ClN4O4S. The van der Waals surface area contributed by atoms with Gasteiger partial charge in [0, 0.05) is 37.6 Å². The number of para-hydroxylation sites is 1. The zero-order chi connectivity index (χ0) is 29.5. The van der Waals surface area contributed by atoms with E-state index in [4.69, 9.17) is 11.6 Å². The lowest BCUT2D eigenvalue weighted by Gasteiger charge is -2.35. The summed E-state index contributed by atoms with van der Waals surface area (Å²) in [6.07, 6.45) is 0.244. The molecule has 10 heteroatoms. The smallest absolute Gasteiger partial charge is 0.304 e. The van der Waals surface area contributed by atoms with Crippen LogP contribution in [0.5, 0.6) is 0 Å². The van der Waals surface area contributed by atoms with E-state index in [1.165, 1.54) is 19.0 Å². The number of carbonyl (C=O) groups is 2. The molecule has 0 aliphatic heterocycles. The highest BCUT2D eigenvalue weighted by Gasteiger charge is 2.35. The first-order valence-electron chi connectivity index (χ1n) is 12.9. The number of carbonyl (C=O) groups excluding carboxylic acids is 2. The van der Waals surface area contributed by atoms with E-state index in [2.05, 4.69) is 5.32 Å². The Labute approximate surface area is 242 Å². The van der Waals surface area contributed by atoms with Crippen molar-refractivity contribution in [1.82, 2.24) is 14.5 Å². The molecule has 1 N–H and O–H groups in total. The van der Waals surface area contributed by atoms with Gasteiger partial charge in [-0.2, -0.15) is 12.7 Å². The van der Waals surface area contributed by atoms with Crippen molar-refractivity contribution in [3.8, 4) is 0 Å². The van der Waals surface area contributed by atoms with Gasteiger partial charge in [0.1, 0.15) is 12.6 Å². The van der Waals surface area contributed by atoms with Crippen LogP contribution < -0.4 is 9.62 Å². The molecule has 0 radical (unpaired) electrons. The lowest BCUT2D eigenvalue weighted by Crippen LogP contribution is -2.56. The number of anilines is 1. The van der Waals surface area contributed by atoms with Gasteiger partial charge in [-0.05, 0) is 56.2 Å². The van der Waals surface area contributed by atoms with Crippen LogP contribution in [0.4, 0.5) is 5.69 Å². The van der Waals surface area contributed by atoms with Crippen LogP contribution in [0.3, 0.4) is 0 Å². The molecule has 3 aromatic rings. The van der Waals surface area contributed by atoms with Gasteiger partial charge in [0.15, 0.2) is 0 Å².